The lowest BCUT2D eigenvalue weighted by Gasteiger charge is -2.57. The summed E-state index contributed by atoms with van der Waals surface area (Å²) in [6.07, 6.45) is 15.1. The molecule has 2 fully saturated rings. The summed E-state index contributed by atoms with van der Waals surface area (Å²) in [4.78, 5) is 5.59. The van der Waals surface area contributed by atoms with E-state index in [9.17, 15) is 5.11 Å². The molecule has 0 aromatic heterocycles. The molecule has 4 aliphatic carbocycles. The maximum atomic E-state index is 10.2. The van der Waals surface area contributed by atoms with Gasteiger partial charge in [0.1, 0.15) is 6.61 Å². The van der Waals surface area contributed by atoms with Crippen LogP contribution in [0.5, 0.6) is 0 Å². The molecule has 4 rings (SSSR count). The molecule has 28 heavy (non-hydrogen) atoms. The summed E-state index contributed by atoms with van der Waals surface area (Å²) in [5.41, 5.74) is 4.67. The maximum Gasteiger partial charge on any atom is 0.117 e. The van der Waals surface area contributed by atoms with Crippen LogP contribution in [0.25, 0.3) is 0 Å². The molecule has 6 atom stereocenters. The van der Waals surface area contributed by atoms with Crippen LogP contribution in [0, 0.1) is 28.6 Å². The van der Waals surface area contributed by atoms with E-state index in [-0.39, 0.29) is 11.5 Å². The van der Waals surface area contributed by atoms with Crippen LogP contribution >= 0.6 is 0 Å². The summed E-state index contributed by atoms with van der Waals surface area (Å²) in [6.45, 7) is 10.0. The average molecular weight is 386 g/mol. The molecule has 4 aliphatic rings. The van der Waals surface area contributed by atoms with Crippen LogP contribution in [-0.4, -0.2) is 23.5 Å². The molecule has 0 heterocycles. The first kappa shape index (κ1) is 20.2. The molecule has 2 saturated carbocycles. The van der Waals surface area contributed by atoms with Crippen molar-refractivity contribution < 1.29 is 9.94 Å². The highest BCUT2D eigenvalue weighted by Gasteiger charge is 2.56. The third-order valence-corrected chi connectivity index (χ3v) is 8.84. The van der Waals surface area contributed by atoms with Crippen molar-refractivity contribution in [3.8, 4) is 0 Å². The molecule has 0 amide bonds. The zero-order chi connectivity index (χ0) is 19.9. The van der Waals surface area contributed by atoms with Crippen molar-refractivity contribution >= 4 is 5.71 Å². The first-order chi connectivity index (χ1) is 13.4. The highest BCUT2D eigenvalue weighted by atomic mass is 16.6. The van der Waals surface area contributed by atoms with Crippen LogP contribution in [0.15, 0.2) is 28.5 Å². The zero-order valence-electron chi connectivity index (χ0n) is 18.3. The number of hydrogen-bond donors (Lipinski definition) is 1. The van der Waals surface area contributed by atoms with Crippen molar-refractivity contribution in [2.24, 2.45) is 33.7 Å². The minimum atomic E-state index is -0.115. The third-order valence-electron chi connectivity index (χ3n) is 8.84. The van der Waals surface area contributed by atoms with E-state index in [0.717, 1.165) is 62.2 Å². The van der Waals surface area contributed by atoms with Gasteiger partial charge in [-0.1, -0.05) is 50.1 Å². The summed E-state index contributed by atoms with van der Waals surface area (Å²) in [5, 5.41) is 14.7. The van der Waals surface area contributed by atoms with Crippen molar-refractivity contribution in [2.75, 3.05) is 6.61 Å². The molecule has 0 aliphatic heterocycles. The second-order valence-electron chi connectivity index (χ2n) is 10.3. The lowest BCUT2D eigenvalue weighted by Crippen LogP contribution is -2.50. The first-order valence-electron chi connectivity index (χ1n) is 11.6. The number of hydrogen-bond acceptors (Lipinski definition) is 3. The fourth-order valence-corrected chi connectivity index (χ4v) is 7.17. The summed E-state index contributed by atoms with van der Waals surface area (Å²) < 4.78 is 0. The zero-order valence-corrected chi connectivity index (χ0v) is 18.3. The van der Waals surface area contributed by atoms with E-state index in [1.165, 1.54) is 31.3 Å². The Balaban J connectivity index is 1.53. The second-order valence-corrected chi connectivity index (χ2v) is 10.3. The van der Waals surface area contributed by atoms with Crippen molar-refractivity contribution in [3.05, 3.63) is 23.3 Å². The molecule has 3 heteroatoms. The lowest BCUT2D eigenvalue weighted by atomic mass is 9.47. The summed E-state index contributed by atoms with van der Waals surface area (Å²) in [7, 11) is 0. The third kappa shape index (κ3) is 3.18. The predicted molar refractivity (Wildman–Crippen MR) is 115 cm³/mol. The number of nitrogens with zero attached hydrogens (tertiary/aromatic N) is 1. The minimum Gasteiger partial charge on any atom is -0.396 e. The molecule has 0 unspecified atom stereocenters. The summed E-state index contributed by atoms with van der Waals surface area (Å²) in [5.74, 6) is 2.28. The molecule has 3 nitrogen and oxygen atoms in total. The van der Waals surface area contributed by atoms with E-state index < -0.39 is 0 Å². The van der Waals surface area contributed by atoms with Crippen molar-refractivity contribution in [2.45, 2.75) is 91.6 Å². The standard InChI is InChI=1S/C25H39NO2/c1-5-6-15-28-26-17(2)21-9-10-22-20-8-7-18-16-19(27)11-13-24(18,3)23(20)12-14-25(21,22)4/h7,9,19-20,22-23,27H,5-6,8,10-16H2,1-4H3/t19-,20-,22-,23-,24-,25+/m0/s1. The highest BCUT2D eigenvalue weighted by molar-refractivity contribution is 5.99. The van der Waals surface area contributed by atoms with Gasteiger partial charge in [0, 0.05) is 0 Å². The highest BCUT2D eigenvalue weighted by Crippen LogP contribution is 2.65. The number of rotatable bonds is 5. The number of aliphatic hydroxyl groups excluding tert-OH is 1. The van der Waals surface area contributed by atoms with Gasteiger partial charge >= 0.3 is 0 Å². The van der Waals surface area contributed by atoms with Crippen LogP contribution in [-0.2, 0) is 4.84 Å². The van der Waals surface area contributed by atoms with Gasteiger partial charge in [-0.2, -0.15) is 0 Å². The Kier molecular flexibility index (Phi) is 5.50. The Morgan fingerprint density at radius 1 is 1.14 bits per heavy atom. The van der Waals surface area contributed by atoms with Crippen molar-refractivity contribution in [1.29, 1.82) is 0 Å². The van der Waals surface area contributed by atoms with E-state index >= 15 is 0 Å². The largest absolute Gasteiger partial charge is 0.396 e. The maximum absolute atomic E-state index is 10.2. The molecule has 0 aromatic rings. The summed E-state index contributed by atoms with van der Waals surface area (Å²) >= 11 is 0. The van der Waals surface area contributed by atoms with Gasteiger partial charge in [-0.3, -0.25) is 0 Å². The minimum absolute atomic E-state index is 0.115. The number of unbranched alkanes of at least 4 members (excludes halogenated alkanes) is 1. The lowest BCUT2D eigenvalue weighted by molar-refractivity contribution is -0.0280. The Hall–Kier alpha value is -1.09. The fourth-order valence-electron chi connectivity index (χ4n) is 7.17. The van der Waals surface area contributed by atoms with Gasteiger partial charge in [0.05, 0.1) is 11.8 Å². The Bertz CT molecular complexity index is 693. The van der Waals surface area contributed by atoms with E-state index in [0.29, 0.717) is 5.41 Å². The SMILES string of the molecule is CCCCON=C(C)C1=CC[C@H]2[C@@H]3CC=C4C[C@@H](O)CC[C@]4(C)[C@H]3CC[C@]12C. The molecular formula is C25H39NO2. The fraction of sp³-hybridized carbons (Fsp3) is 0.800. The number of fused-ring (bicyclic) bond motifs is 5. The smallest absolute Gasteiger partial charge is 0.117 e. The van der Waals surface area contributed by atoms with Crippen LogP contribution in [0.2, 0.25) is 0 Å². The van der Waals surface area contributed by atoms with Gasteiger partial charge in [-0.25, -0.2) is 0 Å². The van der Waals surface area contributed by atoms with E-state index in [1.807, 2.05) is 0 Å². The molecule has 156 valence electrons. The van der Waals surface area contributed by atoms with Gasteiger partial charge in [0.15, 0.2) is 0 Å². The normalized spacial score (nSPS) is 42.8. The molecule has 0 radical (unpaired) electrons. The van der Waals surface area contributed by atoms with Crippen LogP contribution in [0.1, 0.15) is 85.5 Å². The number of aliphatic hydroxyl groups is 1. The molecule has 0 spiro atoms. The van der Waals surface area contributed by atoms with Crippen LogP contribution in [0.4, 0.5) is 0 Å². The Morgan fingerprint density at radius 2 is 1.93 bits per heavy atom. The molecule has 0 bridgehead atoms. The first-order valence-corrected chi connectivity index (χ1v) is 11.6. The van der Waals surface area contributed by atoms with Crippen LogP contribution < -0.4 is 0 Å². The van der Waals surface area contributed by atoms with Crippen molar-refractivity contribution in [3.63, 3.8) is 0 Å². The Labute approximate surface area is 171 Å². The van der Waals surface area contributed by atoms with E-state index in [2.05, 4.69) is 45.0 Å². The molecule has 0 aromatic carbocycles. The van der Waals surface area contributed by atoms with E-state index in [4.69, 9.17) is 4.84 Å². The second kappa shape index (κ2) is 7.63. The van der Waals surface area contributed by atoms with Gasteiger partial charge in [-0.05, 0) is 92.4 Å². The quantitative estimate of drug-likeness (QED) is 0.271. The van der Waals surface area contributed by atoms with E-state index in [1.54, 1.807) is 5.57 Å². The summed E-state index contributed by atoms with van der Waals surface area (Å²) in [6, 6.07) is 0. The number of oxime groups is 1. The van der Waals surface area contributed by atoms with Crippen LogP contribution in [0.3, 0.4) is 0 Å². The van der Waals surface area contributed by atoms with Crippen molar-refractivity contribution in [1.82, 2.24) is 0 Å². The topological polar surface area (TPSA) is 41.8 Å². The van der Waals surface area contributed by atoms with Gasteiger partial charge in [0.2, 0.25) is 0 Å². The van der Waals surface area contributed by atoms with Gasteiger partial charge < -0.3 is 9.94 Å². The van der Waals surface area contributed by atoms with Gasteiger partial charge in [-0.15, -0.1) is 0 Å². The Morgan fingerprint density at radius 3 is 2.71 bits per heavy atom. The molecule has 0 saturated heterocycles. The predicted octanol–water partition coefficient (Wildman–Crippen LogP) is 6.04. The average Bonchev–Trinajstić information content (AvgIpc) is 3.03. The van der Waals surface area contributed by atoms with Gasteiger partial charge in [0.25, 0.3) is 0 Å². The molecular weight excluding hydrogens is 346 g/mol. The molecule has 1 N–H and O–H groups in total. The monoisotopic (exact) mass is 385 g/mol. The number of allylic oxidation sites excluding steroid dienone is 3.